The van der Waals surface area contributed by atoms with Crippen molar-refractivity contribution < 1.29 is 4.42 Å². The van der Waals surface area contributed by atoms with Gasteiger partial charge >= 0.3 is 0 Å². The van der Waals surface area contributed by atoms with E-state index in [1.807, 2.05) is 12.1 Å². The largest absolute Gasteiger partial charge is 0.468 e. The molecule has 1 heterocycles. The molecule has 5 heteroatoms. The molecule has 0 aliphatic rings. The molecule has 1 unspecified atom stereocenters. The van der Waals surface area contributed by atoms with E-state index in [1.165, 1.54) is 11.1 Å². The standard InChI is InChI=1S/C20H30N4O/c1-5-16-10-7-8-11-17(16)14-22-20(21-6-2)23-15-18(24(3)4)19-12-9-13-25-19/h7-13,18H,5-6,14-15H2,1-4H3,(H2,21,22,23). The van der Waals surface area contributed by atoms with Crippen molar-refractivity contribution in [2.75, 3.05) is 27.2 Å². The zero-order valence-electron chi connectivity index (χ0n) is 15.7. The average Bonchev–Trinajstić information content (AvgIpc) is 3.14. The van der Waals surface area contributed by atoms with Crippen molar-refractivity contribution in [3.63, 3.8) is 0 Å². The van der Waals surface area contributed by atoms with Gasteiger partial charge in [-0.15, -0.1) is 0 Å². The predicted molar refractivity (Wildman–Crippen MR) is 104 cm³/mol. The van der Waals surface area contributed by atoms with Gasteiger partial charge in [0.05, 0.1) is 18.8 Å². The van der Waals surface area contributed by atoms with Crippen LogP contribution in [-0.2, 0) is 13.0 Å². The number of likely N-dealkylation sites (N-methyl/N-ethyl adjacent to an activating group) is 1. The average molecular weight is 342 g/mol. The van der Waals surface area contributed by atoms with Gasteiger partial charge in [-0.25, -0.2) is 4.99 Å². The number of hydrogen-bond donors (Lipinski definition) is 2. The fourth-order valence-electron chi connectivity index (χ4n) is 2.77. The number of nitrogens with one attached hydrogen (secondary N) is 2. The fourth-order valence-corrected chi connectivity index (χ4v) is 2.77. The van der Waals surface area contributed by atoms with Gasteiger partial charge in [-0.3, -0.25) is 4.90 Å². The van der Waals surface area contributed by atoms with E-state index in [9.17, 15) is 0 Å². The second-order valence-electron chi connectivity index (χ2n) is 6.19. The molecule has 1 aromatic heterocycles. The molecule has 0 spiro atoms. The van der Waals surface area contributed by atoms with Crippen LogP contribution in [0.1, 0.15) is 36.8 Å². The summed E-state index contributed by atoms with van der Waals surface area (Å²) in [5, 5.41) is 6.76. The van der Waals surface area contributed by atoms with Crippen molar-refractivity contribution in [1.82, 2.24) is 15.5 Å². The Bertz CT molecular complexity index is 649. The summed E-state index contributed by atoms with van der Waals surface area (Å²) < 4.78 is 5.57. The monoisotopic (exact) mass is 342 g/mol. The first-order chi connectivity index (χ1) is 12.2. The van der Waals surface area contributed by atoms with Gasteiger partial charge in [0.2, 0.25) is 0 Å². The highest BCUT2D eigenvalue weighted by molar-refractivity contribution is 5.79. The van der Waals surface area contributed by atoms with Gasteiger partial charge in [-0.1, -0.05) is 31.2 Å². The van der Waals surface area contributed by atoms with Crippen LogP contribution < -0.4 is 10.6 Å². The number of furan rings is 1. The smallest absolute Gasteiger partial charge is 0.191 e. The molecular weight excluding hydrogens is 312 g/mol. The maximum absolute atomic E-state index is 5.57. The number of guanidine groups is 1. The molecule has 25 heavy (non-hydrogen) atoms. The van der Waals surface area contributed by atoms with E-state index in [0.29, 0.717) is 6.54 Å². The predicted octanol–water partition coefficient (Wildman–Crippen LogP) is 3.20. The van der Waals surface area contributed by atoms with Gasteiger partial charge in [0.1, 0.15) is 5.76 Å². The normalized spacial score (nSPS) is 13.1. The molecule has 0 aliphatic heterocycles. The Morgan fingerprint density at radius 1 is 1.08 bits per heavy atom. The second kappa shape index (κ2) is 9.89. The summed E-state index contributed by atoms with van der Waals surface area (Å²) in [6, 6.07) is 12.6. The molecule has 0 saturated carbocycles. The molecular formula is C20H30N4O. The number of aliphatic imine (C=N–C) groups is 1. The van der Waals surface area contributed by atoms with Gasteiger partial charge in [-0.05, 0) is 50.7 Å². The Balaban J connectivity index is 2.04. The summed E-state index contributed by atoms with van der Waals surface area (Å²) in [6.07, 6.45) is 2.74. The second-order valence-corrected chi connectivity index (χ2v) is 6.19. The Morgan fingerprint density at radius 3 is 2.44 bits per heavy atom. The van der Waals surface area contributed by atoms with Crippen LogP contribution in [0.15, 0.2) is 52.1 Å². The first-order valence-corrected chi connectivity index (χ1v) is 8.94. The van der Waals surface area contributed by atoms with Crippen LogP contribution in [0.2, 0.25) is 0 Å². The summed E-state index contributed by atoms with van der Waals surface area (Å²) in [5.41, 5.74) is 2.63. The number of nitrogens with zero attached hydrogens (tertiary/aromatic N) is 2. The van der Waals surface area contributed by atoms with E-state index < -0.39 is 0 Å². The summed E-state index contributed by atoms with van der Waals surface area (Å²) in [7, 11) is 4.10. The van der Waals surface area contributed by atoms with Gasteiger partial charge in [-0.2, -0.15) is 0 Å². The van der Waals surface area contributed by atoms with Crippen LogP contribution in [-0.4, -0.2) is 38.0 Å². The van der Waals surface area contributed by atoms with E-state index in [1.54, 1.807) is 6.26 Å². The first-order valence-electron chi connectivity index (χ1n) is 8.94. The minimum Gasteiger partial charge on any atom is -0.468 e. The Kier molecular flexibility index (Phi) is 7.54. The lowest BCUT2D eigenvalue weighted by atomic mass is 10.1. The van der Waals surface area contributed by atoms with Crippen LogP contribution in [0.25, 0.3) is 0 Å². The first kappa shape index (κ1) is 19.1. The third-order valence-corrected chi connectivity index (χ3v) is 4.21. The lowest BCUT2D eigenvalue weighted by Gasteiger charge is -2.23. The minimum absolute atomic E-state index is 0.154. The van der Waals surface area contributed by atoms with Crippen molar-refractivity contribution in [3.05, 3.63) is 59.5 Å². The maximum Gasteiger partial charge on any atom is 0.191 e. The molecule has 0 bridgehead atoms. The molecule has 2 rings (SSSR count). The van der Waals surface area contributed by atoms with E-state index in [-0.39, 0.29) is 6.04 Å². The van der Waals surface area contributed by atoms with Gasteiger partial charge in [0.25, 0.3) is 0 Å². The molecule has 0 fully saturated rings. The summed E-state index contributed by atoms with van der Waals surface area (Å²) in [6.45, 7) is 6.48. The molecule has 0 saturated heterocycles. The number of benzene rings is 1. The third-order valence-electron chi connectivity index (χ3n) is 4.21. The quantitative estimate of drug-likeness (QED) is 0.571. The van der Waals surface area contributed by atoms with Crippen molar-refractivity contribution in [1.29, 1.82) is 0 Å². The molecule has 136 valence electrons. The van der Waals surface area contributed by atoms with Crippen LogP contribution in [0.3, 0.4) is 0 Å². The van der Waals surface area contributed by atoms with E-state index in [2.05, 4.69) is 67.7 Å². The lowest BCUT2D eigenvalue weighted by Crippen LogP contribution is -2.41. The van der Waals surface area contributed by atoms with Crippen molar-refractivity contribution in [3.8, 4) is 0 Å². The van der Waals surface area contributed by atoms with Crippen molar-refractivity contribution in [2.45, 2.75) is 32.9 Å². The van der Waals surface area contributed by atoms with E-state index in [0.717, 1.165) is 31.2 Å². The minimum atomic E-state index is 0.154. The topological polar surface area (TPSA) is 52.8 Å². The molecule has 2 N–H and O–H groups in total. The van der Waals surface area contributed by atoms with Crippen LogP contribution in [0.5, 0.6) is 0 Å². The van der Waals surface area contributed by atoms with Crippen molar-refractivity contribution in [2.24, 2.45) is 4.99 Å². The van der Waals surface area contributed by atoms with Crippen molar-refractivity contribution >= 4 is 5.96 Å². The van der Waals surface area contributed by atoms with Gasteiger partial charge in [0.15, 0.2) is 5.96 Å². The molecule has 5 nitrogen and oxygen atoms in total. The third kappa shape index (κ3) is 5.64. The summed E-state index contributed by atoms with van der Waals surface area (Å²) in [5.74, 6) is 1.77. The zero-order chi connectivity index (χ0) is 18.1. The number of aryl methyl sites for hydroxylation is 1. The van der Waals surface area contributed by atoms with E-state index >= 15 is 0 Å². The fraction of sp³-hybridized carbons (Fsp3) is 0.450. The zero-order valence-corrected chi connectivity index (χ0v) is 15.7. The highest BCUT2D eigenvalue weighted by Crippen LogP contribution is 2.17. The molecule has 0 amide bonds. The molecule has 1 atom stereocenters. The summed E-state index contributed by atoms with van der Waals surface area (Å²) >= 11 is 0. The van der Waals surface area contributed by atoms with Crippen LogP contribution in [0, 0.1) is 0 Å². The Labute approximate surface area is 151 Å². The Morgan fingerprint density at radius 2 is 1.84 bits per heavy atom. The summed E-state index contributed by atoms with van der Waals surface area (Å²) in [4.78, 5) is 6.89. The van der Waals surface area contributed by atoms with Gasteiger partial charge in [0, 0.05) is 13.1 Å². The van der Waals surface area contributed by atoms with E-state index in [4.69, 9.17) is 9.41 Å². The number of rotatable bonds is 8. The number of hydrogen-bond acceptors (Lipinski definition) is 3. The molecule has 0 radical (unpaired) electrons. The maximum atomic E-state index is 5.57. The lowest BCUT2D eigenvalue weighted by molar-refractivity contribution is 0.258. The van der Waals surface area contributed by atoms with Crippen LogP contribution in [0.4, 0.5) is 0 Å². The highest BCUT2D eigenvalue weighted by Gasteiger charge is 2.17. The van der Waals surface area contributed by atoms with Gasteiger partial charge < -0.3 is 15.1 Å². The Hall–Kier alpha value is -2.27. The SMILES string of the molecule is CCNC(=NCc1ccccc1CC)NCC(c1ccco1)N(C)C. The molecule has 1 aromatic carbocycles. The molecule has 2 aromatic rings. The van der Waals surface area contributed by atoms with Crippen LogP contribution >= 0.6 is 0 Å². The highest BCUT2D eigenvalue weighted by atomic mass is 16.3. The molecule has 0 aliphatic carbocycles.